The van der Waals surface area contributed by atoms with Crippen LogP contribution >= 0.6 is 0 Å². The van der Waals surface area contributed by atoms with Gasteiger partial charge in [0.2, 0.25) is 11.5 Å². The Morgan fingerprint density at radius 2 is 2.10 bits per heavy atom. The molecular formula is C20H24F4N4O2. The van der Waals surface area contributed by atoms with Crippen LogP contribution in [0.5, 0.6) is 0 Å². The van der Waals surface area contributed by atoms with Gasteiger partial charge in [0.15, 0.2) is 5.82 Å². The number of halogens is 4. The number of piperidine rings is 1. The minimum absolute atomic E-state index is 0.263. The number of aliphatic hydroxyl groups is 1. The first-order valence-electron chi connectivity index (χ1n) is 9.58. The third kappa shape index (κ3) is 4.43. The number of anilines is 1. The van der Waals surface area contributed by atoms with Gasteiger partial charge >= 0.3 is 6.18 Å². The summed E-state index contributed by atoms with van der Waals surface area (Å²) in [6, 6.07) is 4.24. The fourth-order valence-corrected chi connectivity index (χ4v) is 3.76. The molecule has 3 rings (SSSR count). The maximum absolute atomic E-state index is 14.2. The number of rotatable bonds is 5. The van der Waals surface area contributed by atoms with Crippen molar-refractivity contribution in [1.29, 1.82) is 0 Å². The minimum atomic E-state index is -5.09. The molecule has 6 nitrogen and oxygen atoms in total. The highest BCUT2D eigenvalue weighted by Crippen LogP contribution is 2.40. The number of nitrogens with zero attached hydrogens (tertiary/aromatic N) is 3. The summed E-state index contributed by atoms with van der Waals surface area (Å²) in [5.74, 6) is -2.00. The maximum Gasteiger partial charge on any atom is 0.425 e. The van der Waals surface area contributed by atoms with E-state index in [4.69, 9.17) is 0 Å². The summed E-state index contributed by atoms with van der Waals surface area (Å²) in [4.78, 5) is 17.8. The number of aryl methyl sites for hydroxylation is 2. The van der Waals surface area contributed by atoms with Gasteiger partial charge in [0.05, 0.1) is 12.1 Å². The van der Waals surface area contributed by atoms with Crippen LogP contribution in [0.25, 0.3) is 0 Å². The molecule has 2 atom stereocenters. The van der Waals surface area contributed by atoms with E-state index in [0.29, 0.717) is 25.1 Å². The molecule has 1 aromatic heterocycles. The largest absolute Gasteiger partial charge is 0.425 e. The highest BCUT2D eigenvalue weighted by molar-refractivity contribution is 5.77. The molecule has 1 amide bonds. The van der Waals surface area contributed by atoms with Crippen molar-refractivity contribution >= 4 is 11.6 Å². The molecule has 2 N–H and O–H groups in total. The number of imidazole rings is 1. The molecular weight excluding hydrogens is 404 g/mol. The highest BCUT2D eigenvalue weighted by Gasteiger charge is 2.58. The van der Waals surface area contributed by atoms with Gasteiger partial charge in [-0.1, -0.05) is 6.07 Å². The number of hydrogen-bond acceptors (Lipinski definition) is 4. The first-order chi connectivity index (χ1) is 14.0. The van der Waals surface area contributed by atoms with Gasteiger partial charge in [-0.3, -0.25) is 4.79 Å². The Morgan fingerprint density at radius 3 is 2.73 bits per heavy atom. The lowest BCUT2D eigenvalue weighted by atomic mass is 9.96. The average molecular weight is 428 g/mol. The second-order valence-electron chi connectivity index (χ2n) is 7.70. The van der Waals surface area contributed by atoms with Crippen molar-refractivity contribution in [2.24, 2.45) is 7.05 Å². The molecule has 2 unspecified atom stereocenters. The summed E-state index contributed by atoms with van der Waals surface area (Å²) < 4.78 is 56.1. The summed E-state index contributed by atoms with van der Waals surface area (Å²) >= 11 is 0. The van der Waals surface area contributed by atoms with E-state index in [1.54, 1.807) is 17.0 Å². The first-order valence-corrected chi connectivity index (χ1v) is 9.58. The van der Waals surface area contributed by atoms with E-state index < -0.39 is 41.8 Å². The Labute approximate surface area is 171 Å². The zero-order valence-corrected chi connectivity index (χ0v) is 16.7. The SMILES string of the molecule is Cc1ccc(F)c(N2CCCC(NC(=O)CC(O)(c3nccn3C)C(F)(F)F)C2)c1. The molecule has 2 heterocycles. The topological polar surface area (TPSA) is 70.4 Å². The van der Waals surface area contributed by atoms with Gasteiger partial charge < -0.3 is 19.9 Å². The van der Waals surface area contributed by atoms with Gasteiger partial charge in [0.1, 0.15) is 5.82 Å². The third-order valence-electron chi connectivity index (χ3n) is 5.31. The van der Waals surface area contributed by atoms with Crippen LogP contribution in [0.1, 0.15) is 30.7 Å². The number of carbonyl (C=O) groups excluding carboxylic acids is 1. The summed E-state index contributed by atoms with van der Waals surface area (Å²) in [5, 5.41) is 12.9. The number of nitrogens with one attached hydrogen (secondary N) is 1. The monoisotopic (exact) mass is 428 g/mol. The average Bonchev–Trinajstić information content (AvgIpc) is 3.09. The quantitative estimate of drug-likeness (QED) is 0.719. The molecule has 1 saturated heterocycles. The lowest BCUT2D eigenvalue weighted by molar-refractivity contribution is -0.271. The third-order valence-corrected chi connectivity index (χ3v) is 5.31. The Morgan fingerprint density at radius 1 is 1.37 bits per heavy atom. The number of carbonyl (C=O) groups is 1. The summed E-state index contributed by atoms with van der Waals surface area (Å²) in [7, 11) is 1.31. The van der Waals surface area contributed by atoms with Crippen molar-refractivity contribution in [3.05, 3.63) is 47.8 Å². The summed E-state index contributed by atoms with van der Waals surface area (Å²) in [6.07, 6.45) is -2.73. The van der Waals surface area contributed by atoms with Gasteiger partial charge in [0.25, 0.3) is 0 Å². The molecule has 1 fully saturated rings. The van der Waals surface area contributed by atoms with Gasteiger partial charge in [-0.2, -0.15) is 13.2 Å². The normalized spacial score (nSPS) is 19.4. The van der Waals surface area contributed by atoms with E-state index in [0.717, 1.165) is 16.3 Å². The molecule has 0 spiro atoms. The highest BCUT2D eigenvalue weighted by atomic mass is 19.4. The van der Waals surface area contributed by atoms with Crippen LogP contribution in [0.15, 0.2) is 30.6 Å². The van der Waals surface area contributed by atoms with Crippen molar-refractivity contribution in [3.8, 4) is 0 Å². The van der Waals surface area contributed by atoms with Gasteiger partial charge in [-0.15, -0.1) is 0 Å². The Bertz CT molecular complexity index is 914. The van der Waals surface area contributed by atoms with Crippen LogP contribution in [-0.2, 0) is 17.4 Å². The second kappa shape index (κ2) is 8.25. The number of aromatic nitrogens is 2. The Hall–Kier alpha value is -2.62. The second-order valence-corrected chi connectivity index (χ2v) is 7.70. The molecule has 1 aliphatic heterocycles. The molecule has 0 radical (unpaired) electrons. The number of benzene rings is 1. The molecule has 30 heavy (non-hydrogen) atoms. The predicted octanol–water partition coefficient (Wildman–Crippen LogP) is 2.79. The number of amides is 1. The number of alkyl halides is 3. The molecule has 0 saturated carbocycles. The Kier molecular flexibility index (Phi) is 6.07. The first kappa shape index (κ1) is 22.1. The Balaban J connectivity index is 1.72. The summed E-state index contributed by atoms with van der Waals surface area (Å²) in [5.41, 5.74) is -2.14. The molecule has 10 heteroatoms. The lowest BCUT2D eigenvalue weighted by Gasteiger charge is -2.36. The van der Waals surface area contributed by atoms with Crippen LogP contribution in [0, 0.1) is 12.7 Å². The van der Waals surface area contributed by atoms with Crippen molar-refractivity contribution in [3.63, 3.8) is 0 Å². The van der Waals surface area contributed by atoms with Crippen molar-refractivity contribution in [1.82, 2.24) is 14.9 Å². The van der Waals surface area contributed by atoms with Crippen molar-refractivity contribution < 1.29 is 27.5 Å². The predicted molar refractivity (Wildman–Crippen MR) is 102 cm³/mol. The zero-order chi connectivity index (χ0) is 22.1. The van der Waals surface area contributed by atoms with E-state index in [9.17, 15) is 27.5 Å². The molecule has 0 bridgehead atoms. The zero-order valence-electron chi connectivity index (χ0n) is 16.7. The molecule has 1 aliphatic rings. The fourth-order valence-electron chi connectivity index (χ4n) is 3.76. The van der Waals surface area contributed by atoms with Gasteiger partial charge in [0, 0.05) is 38.6 Å². The fraction of sp³-hybridized carbons (Fsp3) is 0.500. The van der Waals surface area contributed by atoms with Crippen LogP contribution in [0.2, 0.25) is 0 Å². The molecule has 0 aliphatic carbocycles. The summed E-state index contributed by atoms with van der Waals surface area (Å²) in [6.45, 7) is 2.67. The van der Waals surface area contributed by atoms with E-state index in [2.05, 4.69) is 10.3 Å². The van der Waals surface area contributed by atoms with Crippen molar-refractivity contribution in [2.75, 3.05) is 18.0 Å². The number of hydrogen-bond donors (Lipinski definition) is 2. The smallest absolute Gasteiger partial charge is 0.374 e. The maximum atomic E-state index is 14.2. The van der Waals surface area contributed by atoms with Crippen LogP contribution in [-0.4, -0.2) is 45.9 Å². The molecule has 1 aromatic carbocycles. The van der Waals surface area contributed by atoms with Crippen LogP contribution in [0.3, 0.4) is 0 Å². The van der Waals surface area contributed by atoms with E-state index in [1.165, 1.54) is 19.3 Å². The van der Waals surface area contributed by atoms with E-state index in [-0.39, 0.29) is 6.54 Å². The van der Waals surface area contributed by atoms with E-state index in [1.807, 2.05) is 6.92 Å². The van der Waals surface area contributed by atoms with Crippen molar-refractivity contribution in [2.45, 2.75) is 44.0 Å². The van der Waals surface area contributed by atoms with Gasteiger partial charge in [-0.25, -0.2) is 9.37 Å². The van der Waals surface area contributed by atoms with Gasteiger partial charge in [-0.05, 0) is 37.5 Å². The van der Waals surface area contributed by atoms with Crippen LogP contribution < -0.4 is 10.2 Å². The van der Waals surface area contributed by atoms with Crippen LogP contribution in [0.4, 0.5) is 23.2 Å². The standard InChI is InChI=1S/C20H24F4N4O2/c1-13-5-6-15(21)16(10-13)28-8-3-4-14(12-28)26-17(29)11-19(30,20(22,23)24)18-25-7-9-27(18)2/h5-7,9-10,14,30H,3-4,8,11-12H2,1-2H3,(H,26,29). The molecule has 164 valence electrons. The lowest BCUT2D eigenvalue weighted by Crippen LogP contribution is -2.52. The van der Waals surface area contributed by atoms with E-state index >= 15 is 0 Å². The molecule has 2 aromatic rings. The minimum Gasteiger partial charge on any atom is -0.374 e.